The van der Waals surface area contributed by atoms with Gasteiger partial charge < -0.3 is 24.7 Å². The minimum absolute atomic E-state index is 0.107. The highest BCUT2D eigenvalue weighted by Gasteiger charge is 2.19. The Balaban J connectivity index is 1.58. The topological polar surface area (TPSA) is 103 Å². The highest BCUT2D eigenvalue weighted by atomic mass is 16.5. The van der Waals surface area contributed by atoms with Crippen LogP contribution >= 0.6 is 0 Å². The van der Waals surface area contributed by atoms with Gasteiger partial charge in [0.25, 0.3) is 0 Å². The molecule has 6 rings (SSSR count). The van der Waals surface area contributed by atoms with E-state index < -0.39 is 0 Å². The van der Waals surface area contributed by atoms with Crippen LogP contribution in [0.4, 0.5) is 17.1 Å². The molecule has 2 N–H and O–H groups in total. The number of para-hydroxylation sites is 2. The van der Waals surface area contributed by atoms with Crippen LogP contribution in [0.2, 0.25) is 0 Å². The second kappa shape index (κ2) is 11.2. The van der Waals surface area contributed by atoms with Gasteiger partial charge in [-0.2, -0.15) is 0 Å². The SMILES string of the molecule is COc1ncccc1Nc1cc2nc3ccccc3n(-c3ccc(NC(C)=O)cc3)c-2cc1=NC1CCOCC1. The molecular weight excluding hydrogens is 504 g/mol. The van der Waals surface area contributed by atoms with E-state index in [1.165, 1.54) is 6.92 Å². The third-order valence-corrected chi connectivity index (χ3v) is 6.89. The zero-order valence-electron chi connectivity index (χ0n) is 22.4. The first kappa shape index (κ1) is 25.5. The van der Waals surface area contributed by atoms with Gasteiger partial charge in [-0.3, -0.25) is 9.79 Å². The molecule has 9 heteroatoms. The van der Waals surface area contributed by atoms with Crippen molar-refractivity contribution in [1.82, 2.24) is 14.5 Å². The van der Waals surface area contributed by atoms with E-state index in [9.17, 15) is 4.79 Å². The fraction of sp³-hybridized carbons (Fsp3) is 0.226. The van der Waals surface area contributed by atoms with Gasteiger partial charge in [-0.15, -0.1) is 0 Å². The Morgan fingerprint density at radius 3 is 2.60 bits per heavy atom. The third kappa shape index (κ3) is 5.23. The van der Waals surface area contributed by atoms with Crippen LogP contribution in [0.15, 0.2) is 84.0 Å². The van der Waals surface area contributed by atoms with Gasteiger partial charge in [0.2, 0.25) is 11.8 Å². The number of nitrogens with one attached hydrogen (secondary N) is 2. The molecule has 0 atom stereocenters. The molecule has 0 radical (unpaired) electrons. The van der Waals surface area contributed by atoms with Crippen molar-refractivity contribution in [2.75, 3.05) is 31.0 Å². The molecule has 2 aromatic carbocycles. The number of fused-ring (bicyclic) bond motifs is 2. The fourth-order valence-corrected chi connectivity index (χ4v) is 5.03. The number of ether oxygens (including phenoxy) is 2. The van der Waals surface area contributed by atoms with Crippen molar-refractivity contribution >= 4 is 34.0 Å². The number of nitrogens with zero attached hydrogens (tertiary/aromatic N) is 4. The normalized spacial score (nSPS) is 14.4. The monoisotopic (exact) mass is 534 g/mol. The number of hydrogen-bond acceptors (Lipinski definition) is 7. The molecule has 1 amide bonds. The molecule has 1 aliphatic carbocycles. The highest BCUT2D eigenvalue weighted by molar-refractivity contribution is 5.89. The Morgan fingerprint density at radius 1 is 1.02 bits per heavy atom. The van der Waals surface area contributed by atoms with Crippen LogP contribution < -0.4 is 20.7 Å². The lowest BCUT2D eigenvalue weighted by molar-refractivity contribution is -0.114. The van der Waals surface area contributed by atoms with Gasteiger partial charge in [-0.25, -0.2) is 9.97 Å². The van der Waals surface area contributed by atoms with Gasteiger partial charge in [0.1, 0.15) is 5.69 Å². The maximum absolute atomic E-state index is 11.6. The van der Waals surface area contributed by atoms with Crippen LogP contribution in [0.3, 0.4) is 0 Å². The van der Waals surface area contributed by atoms with E-state index in [0.29, 0.717) is 19.1 Å². The largest absolute Gasteiger partial charge is 0.480 e. The summed E-state index contributed by atoms with van der Waals surface area (Å²) in [6.07, 6.45) is 3.44. The number of carbonyl (C=O) groups is 1. The van der Waals surface area contributed by atoms with Crippen molar-refractivity contribution in [3.63, 3.8) is 0 Å². The fourth-order valence-electron chi connectivity index (χ4n) is 5.03. The second-order valence-electron chi connectivity index (χ2n) is 9.68. The third-order valence-electron chi connectivity index (χ3n) is 6.89. The number of anilines is 3. The lowest BCUT2D eigenvalue weighted by Crippen LogP contribution is -2.23. The number of aromatic nitrogens is 3. The molecule has 9 nitrogen and oxygen atoms in total. The van der Waals surface area contributed by atoms with Crippen LogP contribution in [-0.4, -0.2) is 46.8 Å². The zero-order chi connectivity index (χ0) is 27.5. The minimum Gasteiger partial charge on any atom is -0.480 e. The Morgan fingerprint density at radius 2 is 1.82 bits per heavy atom. The number of methoxy groups -OCH3 is 1. The van der Waals surface area contributed by atoms with Crippen molar-refractivity contribution in [2.45, 2.75) is 25.8 Å². The molecule has 202 valence electrons. The van der Waals surface area contributed by atoms with E-state index >= 15 is 0 Å². The molecule has 1 aromatic heterocycles. The van der Waals surface area contributed by atoms with Crippen LogP contribution in [0, 0.1) is 0 Å². The molecule has 0 saturated carbocycles. The molecule has 3 heterocycles. The van der Waals surface area contributed by atoms with E-state index in [1.54, 1.807) is 13.3 Å². The van der Waals surface area contributed by atoms with Gasteiger partial charge >= 0.3 is 0 Å². The Hall–Kier alpha value is -4.76. The number of pyridine rings is 1. The smallest absolute Gasteiger partial charge is 0.237 e. The zero-order valence-corrected chi connectivity index (χ0v) is 22.4. The van der Waals surface area contributed by atoms with E-state index in [4.69, 9.17) is 19.5 Å². The van der Waals surface area contributed by atoms with Crippen molar-refractivity contribution in [3.8, 4) is 23.0 Å². The quantitative estimate of drug-likeness (QED) is 0.286. The Kier molecular flexibility index (Phi) is 7.11. The molecule has 40 heavy (non-hydrogen) atoms. The minimum atomic E-state index is -0.107. The van der Waals surface area contributed by atoms with Gasteiger partial charge in [-0.05, 0) is 73.5 Å². The number of amides is 1. The van der Waals surface area contributed by atoms with E-state index in [1.807, 2.05) is 60.7 Å². The predicted octanol–water partition coefficient (Wildman–Crippen LogP) is 5.32. The highest BCUT2D eigenvalue weighted by Crippen LogP contribution is 2.32. The molecule has 1 saturated heterocycles. The molecule has 0 unspecified atom stereocenters. The summed E-state index contributed by atoms with van der Waals surface area (Å²) < 4.78 is 13.3. The summed E-state index contributed by atoms with van der Waals surface area (Å²) in [6.45, 7) is 2.91. The first-order valence-electron chi connectivity index (χ1n) is 13.3. The van der Waals surface area contributed by atoms with Gasteiger partial charge in [0.15, 0.2) is 0 Å². The Bertz CT molecular complexity index is 1710. The maximum Gasteiger partial charge on any atom is 0.237 e. The number of benzene rings is 3. The van der Waals surface area contributed by atoms with Gasteiger partial charge in [0, 0.05) is 37.7 Å². The summed E-state index contributed by atoms with van der Waals surface area (Å²) in [6, 6.07) is 24.0. The molecular formula is C31H30N6O3. The summed E-state index contributed by atoms with van der Waals surface area (Å²) in [5, 5.41) is 7.17. The first-order valence-corrected chi connectivity index (χ1v) is 13.3. The van der Waals surface area contributed by atoms with E-state index in [-0.39, 0.29) is 11.9 Å². The Labute approximate surface area is 231 Å². The van der Waals surface area contributed by atoms with Crippen LogP contribution in [0.5, 0.6) is 5.88 Å². The predicted molar refractivity (Wildman–Crippen MR) is 155 cm³/mol. The lowest BCUT2D eigenvalue weighted by atomic mass is 10.1. The number of rotatable bonds is 6. The lowest BCUT2D eigenvalue weighted by Gasteiger charge is -2.22. The second-order valence-corrected chi connectivity index (χ2v) is 9.68. The molecule has 0 spiro atoms. The van der Waals surface area contributed by atoms with Crippen molar-refractivity contribution in [2.24, 2.45) is 4.99 Å². The average Bonchev–Trinajstić information content (AvgIpc) is 2.97. The van der Waals surface area contributed by atoms with Crippen molar-refractivity contribution in [1.29, 1.82) is 0 Å². The summed E-state index contributed by atoms with van der Waals surface area (Å²) in [7, 11) is 1.61. The molecule has 2 aliphatic heterocycles. The van der Waals surface area contributed by atoms with Gasteiger partial charge in [-0.1, -0.05) is 12.1 Å². The average molecular weight is 535 g/mol. The maximum atomic E-state index is 11.6. The van der Waals surface area contributed by atoms with Gasteiger partial charge in [0.05, 0.1) is 46.6 Å². The van der Waals surface area contributed by atoms with Crippen LogP contribution in [-0.2, 0) is 9.53 Å². The molecule has 1 fully saturated rings. The summed E-state index contributed by atoms with van der Waals surface area (Å²) in [5.74, 6) is 0.394. The van der Waals surface area contributed by atoms with E-state index in [0.717, 1.165) is 63.4 Å². The number of hydrogen-bond donors (Lipinski definition) is 2. The van der Waals surface area contributed by atoms with Crippen LogP contribution in [0.1, 0.15) is 19.8 Å². The van der Waals surface area contributed by atoms with Crippen molar-refractivity contribution < 1.29 is 14.3 Å². The molecule has 3 aromatic rings. The molecule has 0 bridgehead atoms. The standard InChI is InChI=1S/C31H30N6O3/c1-20(38)33-21-9-11-23(12-10-21)37-29-8-4-3-6-24(29)35-28-18-26(36-25-7-5-15-32-31(25)39-2)27(19-30(28)37)34-22-13-16-40-17-14-22/h3-12,15,18-19,22,36H,13-14,16-17H2,1-2H3,(H,33,38). The van der Waals surface area contributed by atoms with Crippen LogP contribution in [0.25, 0.3) is 28.1 Å². The first-order chi connectivity index (χ1) is 19.6. The summed E-state index contributed by atoms with van der Waals surface area (Å²) >= 11 is 0. The summed E-state index contributed by atoms with van der Waals surface area (Å²) in [4.78, 5) is 26.1. The summed E-state index contributed by atoms with van der Waals surface area (Å²) in [5.41, 5.74) is 6.81. The van der Waals surface area contributed by atoms with E-state index in [2.05, 4.69) is 32.3 Å². The number of carbonyl (C=O) groups excluding carboxylic acids is 1. The molecule has 3 aliphatic rings. The van der Waals surface area contributed by atoms with Crippen molar-refractivity contribution in [3.05, 3.63) is 84.4 Å².